The van der Waals surface area contributed by atoms with E-state index in [1.807, 2.05) is 23.1 Å². The van der Waals surface area contributed by atoms with Crippen molar-refractivity contribution in [3.63, 3.8) is 0 Å². The van der Waals surface area contributed by atoms with Crippen LogP contribution in [0.4, 0.5) is 5.69 Å². The van der Waals surface area contributed by atoms with Gasteiger partial charge in [-0.05, 0) is 37.1 Å². The summed E-state index contributed by atoms with van der Waals surface area (Å²) in [4.78, 5) is 15.0. The lowest BCUT2D eigenvalue weighted by Crippen LogP contribution is -2.39. The van der Waals surface area contributed by atoms with Crippen LogP contribution in [0, 0.1) is 11.3 Å². The SMILES string of the molecule is CCSc1cccc(NCC(=O)N2CCCCC2)c1C#N. The molecule has 4 nitrogen and oxygen atoms in total. The third kappa shape index (κ3) is 4.15. The van der Waals surface area contributed by atoms with Gasteiger partial charge in [0.15, 0.2) is 0 Å². The highest BCUT2D eigenvalue weighted by atomic mass is 32.2. The van der Waals surface area contributed by atoms with Crippen molar-refractivity contribution in [2.24, 2.45) is 0 Å². The summed E-state index contributed by atoms with van der Waals surface area (Å²) in [6.45, 7) is 4.04. The fraction of sp³-hybridized carbons (Fsp3) is 0.500. The first-order chi connectivity index (χ1) is 10.3. The Morgan fingerprint density at radius 2 is 2.14 bits per heavy atom. The van der Waals surface area contributed by atoms with Gasteiger partial charge in [0, 0.05) is 18.0 Å². The zero-order valence-corrected chi connectivity index (χ0v) is 13.2. The quantitative estimate of drug-likeness (QED) is 0.849. The molecule has 0 unspecified atom stereocenters. The van der Waals surface area contributed by atoms with Gasteiger partial charge >= 0.3 is 0 Å². The van der Waals surface area contributed by atoms with E-state index in [9.17, 15) is 10.1 Å². The van der Waals surface area contributed by atoms with Crippen molar-refractivity contribution in [1.82, 2.24) is 4.90 Å². The summed E-state index contributed by atoms with van der Waals surface area (Å²) in [5.41, 5.74) is 1.39. The largest absolute Gasteiger partial charge is 0.375 e. The number of carbonyl (C=O) groups is 1. The summed E-state index contributed by atoms with van der Waals surface area (Å²) in [6.07, 6.45) is 3.40. The van der Waals surface area contributed by atoms with Gasteiger partial charge in [-0.25, -0.2) is 0 Å². The normalized spacial score (nSPS) is 14.6. The highest BCUT2D eigenvalue weighted by Gasteiger charge is 2.16. The van der Waals surface area contributed by atoms with E-state index in [0.29, 0.717) is 5.56 Å². The zero-order chi connectivity index (χ0) is 15.1. The number of piperidine rings is 1. The van der Waals surface area contributed by atoms with Crippen LogP contribution < -0.4 is 5.32 Å². The van der Waals surface area contributed by atoms with E-state index >= 15 is 0 Å². The van der Waals surface area contributed by atoms with E-state index in [0.717, 1.165) is 42.3 Å². The van der Waals surface area contributed by atoms with Gasteiger partial charge in [-0.1, -0.05) is 13.0 Å². The van der Waals surface area contributed by atoms with Crippen molar-refractivity contribution in [2.45, 2.75) is 31.1 Å². The van der Waals surface area contributed by atoms with E-state index in [2.05, 4.69) is 18.3 Å². The van der Waals surface area contributed by atoms with E-state index in [4.69, 9.17) is 0 Å². The topological polar surface area (TPSA) is 56.1 Å². The molecule has 1 heterocycles. The lowest BCUT2D eigenvalue weighted by Gasteiger charge is -2.27. The zero-order valence-electron chi connectivity index (χ0n) is 12.4. The van der Waals surface area contributed by atoms with Gasteiger partial charge in [0.05, 0.1) is 17.8 Å². The Labute approximate surface area is 130 Å². The monoisotopic (exact) mass is 303 g/mol. The molecule has 1 amide bonds. The molecule has 0 spiro atoms. The van der Waals surface area contributed by atoms with E-state index in [-0.39, 0.29) is 12.5 Å². The molecule has 1 N–H and O–H groups in total. The minimum absolute atomic E-state index is 0.118. The van der Waals surface area contributed by atoms with E-state index < -0.39 is 0 Å². The third-order valence-corrected chi connectivity index (χ3v) is 4.52. The Morgan fingerprint density at radius 1 is 1.38 bits per heavy atom. The number of rotatable bonds is 5. The minimum atomic E-state index is 0.118. The Hall–Kier alpha value is -1.67. The van der Waals surface area contributed by atoms with Gasteiger partial charge in [-0.3, -0.25) is 4.79 Å². The van der Waals surface area contributed by atoms with E-state index in [1.54, 1.807) is 11.8 Å². The number of nitriles is 1. The fourth-order valence-corrected chi connectivity index (χ4v) is 3.28. The van der Waals surface area contributed by atoms with Gasteiger partial charge in [-0.2, -0.15) is 5.26 Å². The maximum Gasteiger partial charge on any atom is 0.241 e. The number of hydrogen-bond donors (Lipinski definition) is 1. The summed E-state index contributed by atoms with van der Waals surface area (Å²) in [5.74, 6) is 1.04. The van der Waals surface area contributed by atoms with Crippen LogP contribution in [0.25, 0.3) is 0 Å². The highest BCUT2D eigenvalue weighted by molar-refractivity contribution is 7.99. The summed E-state index contributed by atoms with van der Waals surface area (Å²) < 4.78 is 0. The molecule has 1 aliphatic heterocycles. The molecule has 21 heavy (non-hydrogen) atoms. The van der Waals surface area contributed by atoms with Gasteiger partial charge in [0.25, 0.3) is 0 Å². The molecule has 1 fully saturated rings. The Balaban J connectivity index is 2.01. The molecule has 112 valence electrons. The second kappa shape index (κ2) is 7.94. The van der Waals surface area contributed by atoms with Crippen molar-refractivity contribution in [3.8, 4) is 6.07 Å². The molecule has 5 heteroatoms. The molecular weight excluding hydrogens is 282 g/mol. The number of hydrogen-bond acceptors (Lipinski definition) is 4. The summed E-state index contributed by atoms with van der Waals surface area (Å²) in [5, 5.41) is 12.5. The first kappa shape index (κ1) is 15.7. The predicted molar refractivity (Wildman–Crippen MR) is 86.5 cm³/mol. The van der Waals surface area contributed by atoms with Crippen molar-refractivity contribution >= 4 is 23.4 Å². The number of likely N-dealkylation sites (tertiary alicyclic amines) is 1. The van der Waals surface area contributed by atoms with Gasteiger partial charge in [0.1, 0.15) is 6.07 Å². The number of nitrogens with one attached hydrogen (secondary N) is 1. The van der Waals surface area contributed by atoms with Crippen LogP contribution in [0.5, 0.6) is 0 Å². The molecule has 1 aromatic carbocycles. The second-order valence-electron chi connectivity index (χ2n) is 5.02. The van der Waals surface area contributed by atoms with Crippen LogP contribution in [-0.4, -0.2) is 36.2 Å². The maximum absolute atomic E-state index is 12.2. The van der Waals surface area contributed by atoms with Crippen LogP contribution in [-0.2, 0) is 4.79 Å². The average Bonchev–Trinajstić information content (AvgIpc) is 2.54. The van der Waals surface area contributed by atoms with Gasteiger partial charge in [0.2, 0.25) is 5.91 Å². The maximum atomic E-state index is 12.2. The third-order valence-electron chi connectivity index (χ3n) is 3.58. The standard InChI is InChI=1S/C16H21N3OS/c1-2-21-15-8-6-7-14(13(15)11-17)18-12-16(20)19-9-4-3-5-10-19/h6-8,18H,2-5,9-10,12H2,1H3. The lowest BCUT2D eigenvalue weighted by molar-refractivity contribution is -0.130. The highest BCUT2D eigenvalue weighted by Crippen LogP contribution is 2.27. The lowest BCUT2D eigenvalue weighted by atomic mass is 10.1. The Morgan fingerprint density at radius 3 is 2.81 bits per heavy atom. The minimum Gasteiger partial charge on any atom is -0.375 e. The number of thioether (sulfide) groups is 1. The predicted octanol–water partition coefficient (Wildman–Crippen LogP) is 3.09. The Kier molecular flexibility index (Phi) is 5.94. The average molecular weight is 303 g/mol. The molecule has 2 rings (SSSR count). The second-order valence-corrected chi connectivity index (χ2v) is 6.32. The van der Waals surface area contributed by atoms with Crippen molar-refractivity contribution in [1.29, 1.82) is 5.26 Å². The molecule has 1 aromatic rings. The molecule has 1 aliphatic rings. The summed E-state index contributed by atoms with van der Waals surface area (Å²) in [6, 6.07) is 7.98. The van der Waals surface area contributed by atoms with Crippen LogP contribution >= 0.6 is 11.8 Å². The van der Waals surface area contributed by atoms with Crippen molar-refractivity contribution in [2.75, 3.05) is 30.7 Å². The van der Waals surface area contributed by atoms with Gasteiger partial charge < -0.3 is 10.2 Å². The molecule has 1 saturated heterocycles. The molecule has 0 atom stereocenters. The molecule has 0 aromatic heterocycles. The molecule has 0 saturated carbocycles. The number of anilines is 1. The van der Waals surface area contributed by atoms with Gasteiger partial charge in [-0.15, -0.1) is 11.8 Å². The van der Waals surface area contributed by atoms with Crippen LogP contribution in [0.15, 0.2) is 23.1 Å². The van der Waals surface area contributed by atoms with Crippen molar-refractivity contribution < 1.29 is 4.79 Å². The van der Waals surface area contributed by atoms with Crippen LogP contribution in [0.3, 0.4) is 0 Å². The number of nitrogens with zero attached hydrogens (tertiary/aromatic N) is 2. The number of amides is 1. The Bertz CT molecular complexity index is 533. The van der Waals surface area contributed by atoms with Crippen LogP contribution in [0.1, 0.15) is 31.7 Å². The van der Waals surface area contributed by atoms with Crippen LogP contribution in [0.2, 0.25) is 0 Å². The fourth-order valence-electron chi connectivity index (χ4n) is 2.50. The molecule has 0 aliphatic carbocycles. The molecule has 0 bridgehead atoms. The smallest absolute Gasteiger partial charge is 0.241 e. The summed E-state index contributed by atoms with van der Waals surface area (Å²) >= 11 is 1.65. The molecule has 0 radical (unpaired) electrons. The van der Waals surface area contributed by atoms with Crippen molar-refractivity contribution in [3.05, 3.63) is 23.8 Å². The first-order valence-electron chi connectivity index (χ1n) is 7.43. The molecular formula is C16H21N3OS. The number of benzene rings is 1. The number of carbonyl (C=O) groups excluding carboxylic acids is 1. The first-order valence-corrected chi connectivity index (χ1v) is 8.42. The summed E-state index contributed by atoms with van der Waals surface area (Å²) in [7, 11) is 0. The van der Waals surface area contributed by atoms with E-state index in [1.165, 1.54) is 6.42 Å².